The zero-order chi connectivity index (χ0) is 22.9. The molecule has 0 radical (unpaired) electrons. The summed E-state index contributed by atoms with van der Waals surface area (Å²) in [6.07, 6.45) is 1.25. The van der Waals surface area contributed by atoms with Crippen LogP contribution in [0.2, 0.25) is 0 Å². The van der Waals surface area contributed by atoms with Crippen LogP contribution >= 0.6 is 11.3 Å². The van der Waals surface area contributed by atoms with Crippen molar-refractivity contribution in [2.75, 3.05) is 18.4 Å². The number of amides is 1. The van der Waals surface area contributed by atoms with Gasteiger partial charge in [-0.1, -0.05) is 29.0 Å². The maximum atomic E-state index is 13.6. The predicted molar refractivity (Wildman–Crippen MR) is 116 cm³/mol. The number of sulfonamides is 1. The normalized spacial score (nSPS) is 17.3. The average molecular weight is 479 g/mol. The Bertz CT molecular complexity index is 1250. The number of benzene rings is 2. The van der Waals surface area contributed by atoms with E-state index in [0.29, 0.717) is 29.6 Å². The highest BCUT2D eigenvalue weighted by molar-refractivity contribution is 7.89. The summed E-state index contributed by atoms with van der Waals surface area (Å²) in [5.74, 6) is -2.96. The maximum absolute atomic E-state index is 13.6. The van der Waals surface area contributed by atoms with E-state index < -0.39 is 21.7 Å². The van der Waals surface area contributed by atoms with Gasteiger partial charge in [0.15, 0.2) is 11.6 Å². The number of aromatic nitrogens is 2. The average Bonchev–Trinajstić information content (AvgIpc) is 3.28. The van der Waals surface area contributed by atoms with E-state index in [0.717, 1.165) is 29.0 Å². The van der Waals surface area contributed by atoms with Crippen LogP contribution in [0.1, 0.15) is 39.1 Å². The number of hydrogen-bond acceptors (Lipinski definition) is 6. The molecule has 1 aromatic heterocycles. The quantitative estimate of drug-likeness (QED) is 0.600. The number of nitrogens with one attached hydrogen (secondary N) is 1. The number of hydrogen-bond donors (Lipinski definition) is 1. The second-order valence-electron chi connectivity index (χ2n) is 7.54. The maximum Gasteiger partial charge on any atom is 0.286 e. The number of piperidine rings is 1. The third-order valence-corrected chi connectivity index (χ3v) is 8.15. The van der Waals surface area contributed by atoms with Gasteiger partial charge in [-0.05, 0) is 50.1 Å². The lowest BCUT2D eigenvalue weighted by atomic mass is 10.0. The molecule has 1 fully saturated rings. The summed E-state index contributed by atoms with van der Waals surface area (Å²) in [5, 5.41) is 11.6. The summed E-state index contributed by atoms with van der Waals surface area (Å²) in [6, 6.07) is 9.88. The standard InChI is InChI=1S/C21H20F2N4O3S2/c1-13-4-6-15(7-5-13)24-19(28)21-26-25-20(31-21)14-3-2-10-27(12-14)32(29,30)16-8-9-17(22)18(23)11-16/h4-9,11,14H,2-3,10,12H2,1H3,(H,24,28)/t14-/m1/s1. The number of carbonyl (C=O) groups is 1. The summed E-state index contributed by atoms with van der Waals surface area (Å²) < 4.78 is 53.8. The molecular weight excluding hydrogens is 458 g/mol. The van der Waals surface area contributed by atoms with Gasteiger partial charge in [-0.3, -0.25) is 4.79 Å². The van der Waals surface area contributed by atoms with Gasteiger partial charge in [0.1, 0.15) is 5.01 Å². The first-order valence-corrected chi connectivity index (χ1v) is 12.2. The van der Waals surface area contributed by atoms with Gasteiger partial charge in [0.25, 0.3) is 5.91 Å². The lowest BCUT2D eigenvalue weighted by molar-refractivity contribution is 0.102. The van der Waals surface area contributed by atoms with Crippen LogP contribution in [0, 0.1) is 18.6 Å². The first-order valence-electron chi connectivity index (χ1n) is 9.90. The molecule has 3 aromatic rings. The number of anilines is 1. The third-order valence-electron chi connectivity index (χ3n) is 5.21. The van der Waals surface area contributed by atoms with Crippen LogP contribution in [0.15, 0.2) is 47.4 Å². The zero-order valence-corrected chi connectivity index (χ0v) is 18.7. The van der Waals surface area contributed by atoms with Crippen molar-refractivity contribution in [1.82, 2.24) is 14.5 Å². The summed E-state index contributed by atoms with van der Waals surface area (Å²) in [5.41, 5.74) is 1.71. The molecule has 0 spiro atoms. The first kappa shape index (κ1) is 22.4. The van der Waals surface area contributed by atoms with Crippen LogP contribution in [0.4, 0.5) is 14.5 Å². The number of rotatable bonds is 5. The largest absolute Gasteiger partial charge is 0.320 e. The molecule has 2 heterocycles. The van der Waals surface area contributed by atoms with Gasteiger partial charge in [-0.15, -0.1) is 10.2 Å². The molecule has 0 unspecified atom stereocenters. The Morgan fingerprint density at radius 2 is 1.88 bits per heavy atom. The van der Waals surface area contributed by atoms with Gasteiger partial charge in [0.2, 0.25) is 15.0 Å². The van der Waals surface area contributed by atoms with E-state index in [1.165, 1.54) is 4.31 Å². The summed E-state index contributed by atoms with van der Waals surface area (Å²) in [7, 11) is -3.99. The Labute approximate surface area is 188 Å². The Balaban J connectivity index is 1.48. The fraction of sp³-hybridized carbons (Fsp3) is 0.286. The summed E-state index contributed by atoms with van der Waals surface area (Å²) in [6.45, 7) is 2.33. The predicted octanol–water partition coefficient (Wildman–Crippen LogP) is 3.95. The monoisotopic (exact) mass is 478 g/mol. The topological polar surface area (TPSA) is 92.3 Å². The molecule has 0 saturated carbocycles. The van der Waals surface area contributed by atoms with E-state index in [4.69, 9.17) is 0 Å². The first-order chi connectivity index (χ1) is 15.2. The minimum atomic E-state index is -3.99. The molecular formula is C21H20F2N4O3S2. The van der Waals surface area contributed by atoms with Crippen LogP contribution in [0.25, 0.3) is 0 Å². The second-order valence-corrected chi connectivity index (χ2v) is 10.5. The molecule has 7 nitrogen and oxygen atoms in total. The number of nitrogens with zero attached hydrogens (tertiary/aromatic N) is 3. The van der Waals surface area contributed by atoms with E-state index in [1.807, 2.05) is 19.1 Å². The molecule has 1 saturated heterocycles. The van der Waals surface area contributed by atoms with Crippen LogP contribution < -0.4 is 5.32 Å². The van der Waals surface area contributed by atoms with Crippen molar-refractivity contribution in [3.63, 3.8) is 0 Å². The minimum Gasteiger partial charge on any atom is -0.320 e. The van der Waals surface area contributed by atoms with Crippen molar-refractivity contribution in [2.45, 2.75) is 30.6 Å². The van der Waals surface area contributed by atoms with E-state index in [2.05, 4.69) is 15.5 Å². The molecule has 11 heteroatoms. The molecule has 2 aromatic carbocycles. The van der Waals surface area contributed by atoms with Crippen molar-refractivity contribution in [1.29, 1.82) is 0 Å². The van der Waals surface area contributed by atoms with Gasteiger partial charge in [0, 0.05) is 24.7 Å². The molecule has 4 rings (SSSR count). The molecule has 0 aliphatic carbocycles. The highest BCUT2D eigenvalue weighted by atomic mass is 32.2. The van der Waals surface area contributed by atoms with Crippen LogP contribution in [0.3, 0.4) is 0 Å². The highest BCUT2D eigenvalue weighted by Gasteiger charge is 2.33. The third kappa shape index (κ3) is 4.69. The number of carbonyl (C=O) groups excluding carboxylic acids is 1. The van der Waals surface area contributed by atoms with E-state index >= 15 is 0 Å². The van der Waals surface area contributed by atoms with E-state index in [1.54, 1.807) is 12.1 Å². The molecule has 1 aliphatic rings. The fourth-order valence-corrected chi connectivity index (χ4v) is 5.86. The number of aryl methyl sites for hydroxylation is 1. The van der Waals surface area contributed by atoms with Crippen molar-refractivity contribution < 1.29 is 22.0 Å². The molecule has 1 N–H and O–H groups in total. The Morgan fingerprint density at radius 1 is 1.12 bits per heavy atom. The van der Waals surface area contributed by atoms with Crippen LogP contribution in [-0.4, -0.2) is 41.9 Å². The van der Waals surface area contributed by atoms with Crippen molar-refractivity contribution in [3.8, 4) is 0 Å². The fourth-order valence-electron chi connectivity index (χ4n) is 3.46. The van der Waals surface area contributed by atoms with Crippen LogP contribution in [0.5, 0.6) is 0 Å². The molecule has 1 aliphatic heterocycles. The molecule has 1 amide bonds. The van der Waals surface area contributed by atoms with Gasteiger partial charge < -0.3 is 5.32 Å². The van der Waals surface area contributed by atoms with Gasteiger partial charge >= 0.3 is 0 Å². The zero-order valence-electron chi connectivity index (χ0n) is 17.1. The Morgan fingerprint density at radius 3 is 2.59 bits per heavy atom. The van der Waals surface area contributed by atoms with Crippen LogP contribution in [-0.2, 0) is 10.0 Å². The summed E-state index contributed by atoms with van der Waals surface area (Å²) in [4.78, 5) is 12.2. The van der Waals surface area contributed by atoms with Gasteiger partial charge in [-0.2, -0.15) is 4.31 Å². The molecule has 32 heavy (non-hydrogen) atoms. The molecule has 1 atom stereocenters. The number of halogens is 2. The van der Waals surface area contributed by atoms with Gasteiger partial charge in [-0.25, -0.2) is 17.2 Å². The highest BCUT2D eigenvalue weighted by Crippen LogP contribution is 2.32. The Hall–Kier alpha value is -2.76. The van der Waals surface area contributed by atoms with Crippen molar-refractivity contribution >= 4 is 33.0 Å². The smallest absolute Gasteiger partial charge is 0.286 e. The van der Waals surface area contributed by atoms with Gasteiger partial charge in [0.05, 0.1) is 4.90 Å². The molecule has 168 valence electrons. The molecule has 0 bridgehead atoms. The minimum absolute atomic E-state index is 0.121. The lowest BCUT2D eigenvalue weighted by Gasteiger charge is -2.30. The van der Waals surface area contributed by atoms with E-state index in [9.17, 15) is 22.0 Å². The van der Waals surface area contributed by atoms with Crippen molar-refractivity contribution in [3.05, 3.63) is 69.7 Å². The summed E-state index contributed by atoms with van der Waals surface area (Å²) >= 11 is 1.12. The second kappa shape index (κ2) is 9.00. The lowest BCUT2D eigenvalue weighted by Crippen LogP contribution is -2.39. The SMILES string of the molecule is Cc1ccc(NC(=O)c2nnc([C@@H]3CCCN(S(=O)(=O)c4ccc(F)c(F)c4)C3)s2)cc1. The van der Waals surface area contributed by atoms with Crippen molar-refractivity contribution in [2.24, 2.45) is 0 Å². The Kier molecular flexibility index (Phi) is 6.31. The van der Waals surface area contributed by atoms with E-state index in [-0.39, 0.29) is 34.8 Å².